The van der Waals surface area contributed by atoms with E-state index in [9.17, 15) is 4.79 Å². The van der Waals surface area contributed by atoms with Crippen molar-refractivity contribution in [1.29, 1.82) is 0 Å². The number of nitrogens with one attached hydrogen (secondary N) is 2. The quantitative estimate of drug-likeness (QED) is 0.822. The smallest absolute Gasteiger partial charge is 0.231 e. The Balaban J connectivity index is 2.05. The molecule has 4 heteroatoms. The van der Waals surface area contributed by atoms with Crippen LogP contribution in [0.5, 0.6) is 0 Å². The molecule has 0 radical (unpaired) electrons. The van der Waals surface area contributed by atoms with Gasteiger partial charge >= 0.3 is 0 Å². The topological polar surface area (TPSA) is 41.1 Å². The second kappa shape index (κ2) is 5.76. The lowest BCUT2D eigenvalue weighted by Gasteiger charge is -2.25. The van der Waals surface area contributed by atoms with Crippen molar-refractivity contribution in [3.05, 3.63) is 24.3 Å². The minimum Gasteiger partial charge on any atom is -0.326 e. The highest BCUT2D eigenvalue weighted by Gasteiger charge is 2.39. The number of carbonyl (C=O) groups excluding carboxylic acids is 1. The Hall–Kier alpha value is -1.00. The molecule has 3 nitrogen and oxygen atoms in total. The van der Waals surface area contributed by atoms with E-state index in [0.717, 1.165) is 31.6 Å². The fourth-order valence-electron chi connectivity index (χ4n) is 2.34. The predicted molar refractivity (Wildman–Crippen MR) is 77.1 cm³/mol. The van der Waals surface area contributed by atoms with Crippen LogP contribution >= 0.6 is 11.8 Å². The van der Waals surface area contributed by atoms with Crippen molar-refractivity contribution in [2.45, 2.75) is 24.7 Å². The van der Waals surface area contributed by atoms with Gasteiger partial charge in [-0.2, -0.15) is 0 Å². The van der Waals surface area contributed by atoms with Gasteiger partial charge in [-0.15, -0.1) is 11.8 Å². The van der Waals surface area contributed by atoms with Gasteiger partial charge in [0.25, 0.3) is 0 Å². The SMILES string of the molecule is CCC1(C(=O)Nc2ccc(SC)cc2)CCNC1. The fraction of sp³-hybridized carbons (Fsp3) is 0.500. The number of carbonyl (C=O) groups is 1. The summed E-state index contributed by atoms with van der Waals surface area (Å²) >= 11 is 1.70. The van der Waals surface area contributed by atoms with Crippen LogP contribution in [0.1, 0.15) is 19.8 Å². The van der Waals surface area contributed by atoms with Crippen molar-refractivity contribution in [3.8, 4) is 0 Å². The first kappa shape index (κ1) is 13.4. The highest BCUT2D eigenvalue weighted by atomic mass is 32.2. The van der Waals surface area contributed by atoms with E-state index in [1.807, 2.05) is 30.5 Å². The average Bonchev–Trinajstić information content (AvgIpc) is 2.89. The van der Waals surface area contributed by atoms with Crippen molar-refractivity contribution in [1.82, 2.24) is 5.32 Å². The predicted octanol–water partition coefficient (Wildman–Crippen LogP) is 2.74. The zero-order valence-corrected chi connectivity index (χ0v) is 11.8. The first-order valence-electron chi connectivity index (χ1n) is 6.36. The molecular weight excluding hydrogens is 244 g/mol. The molecule has 0 bridgehead atoms. The Morgan fingerprint density at radius 3 is 2.67 bits per heavy atom. The Kier molecular flexibility index (Phi) is 4.30. The second-order valence-electron chi connectivity index (χ2n) is 4.74. The molecule has 0 saturated carbocycles. The van der Waals surface area contributed by atoms with Crippen molar-refractivity contribution in [3.63, 3.8) is 0 Å². The molecule has 1 aromatic carbocycles. The van der Waals surface area contributed by atoms with E-state index >= 15 is 0 Å². The van der Waals surface area contributed by atoms with Gasteiger partial charge in [0.1, 0.15) is 0 Å². The van der Waals surface area contributed by atoms with Crippen LogP contribution in [0, 0.1) is 5.41 Å². The molecule has 1 aromatic rings. The maximum absolute atomic E-state index is 12.4. The molecule has 1 saturated heterocycles. The molecule has 1 unspecified atom stereocenters. The summed E-state index contributed by atoms with van der Waals surface area (Å²) in [4.78, 5) is 13.6. The van der Waals surface area contributed by atoms with Crippen LogP contribution in [-0.2, 0) is 4.79 Å². The van der Waals surface area contributed by atoms with Crippen molar-refractivity contribution in [2.24, 2.45) is 5.41 Å². The lowest BCUT2D eigenvalue weighted by Crippen LogP contribution is -2.37. The van der Waals surface area contributed by atoms with E-state index in [1.165, 1.54) is 4.90 Å². The van der Waals surface area contributed by atoms with Gasteiger partial charge in [0, 0.05) is 17.1 Å². The third-order valence-electron chi connectivity index (χ3n) is 3.75. The van der Waals surface area contributed by atoms with Crippen LogP contribution in [0.4, 0.5) is 5.69 Å². The highest BCUT2D eigenvalue weighted by Crippen LogP contribution is 2.31. The first-order valence-corrected chi connectivity index (χ1v) is 7.59. The first-order chi connectivity index (χ1) is 8.70. The Bertz CT molecular complexity index is 410. The van der Waals surface area contributed by atoms with E-state index in [0.29, 0.717) is 0 Å². The van der Waals surface area contributed by atoms with Crippen LogP contribution < -0.4 is 10.6 Å². The van der Waals surface area contributed by atoms with Gasteiger partial charge < -0.3 is 10.6 Å². The van der Waals surface area contributed by atoms with Crippen LogP contribution in [0.3, 0.4) is 0 Å². The van der Waals surface area contributed by atoms with Crippen molar-refractivity contribution < 1.29 is 4.79 Å². The highest BCUT2D eigenvalue weighted by molar-refractivity contribution is 7.98. The summed E-state index contributed by atoms with van der Waals surface area (Å²) in [6.45, 7) is 3.81. The van der Waals surface area contributed by atoms with Gasteiger partial charge in [-0.25, -0.2) is 0 Å². The second-order valence-corrected chi connectivity index (χ2v) is 5.62. The molecule has 1 heterocycles. The third-order valence-corrected chi connectivity index (χ3v) is 4.49. The summed E-state index contributed by atoms with van der Waals surface area (Å²) < 4.78 is 0. The molecule has 2 rings (SSSR count). The molecule has 98 valence electrons. The number of rotatable bonds is 4. The Morgan fingerprint density at radius 1 is 1.44 bits per heavy atom. The van der Waals surface area contributed by atoms with Crippen molar-refractivity contribution in [2.75, 3.05) is 24.7 Å². The van der Waals surface area contributed by atoms with Gasteiger partial charge in [0.15, 0.2) is 0 Å². The average molecular weight is 264 g/mol. The molecule has 2 N–H and O–H groups in total. The number of thioether (sulfide) groups is 1. The molecule has 0 aromatic heterocycles. The zero-order valence-electron chi connectivity index (χ0n) is 11.0. The molecule has 0 aliphatic carbocycles. The van der Waals surface area contributed by atoms with Crippen LogP contribution in [-0.4, -0.2) is 25.3 Å². The molecule has 0 spiro atoms. The maximum atomic E-state index is 12.4. The van der Waals surface area contributed by atoms with E-state index in [2.05, 4.69) is 17.6 Å². The van der Waals surface area contributed by atoms with Crippen molar-refractivity contribution >= 4 is 23.4 Å². The molecule has 1 fully saturated rings. The van der Waals surface area contributed by atoms with Crippen LogP contribution in [0.25, 0.3) is 0 Å². The molecule has 1 atom stereocenters. The lowest BCUT2D eigenvalue weighted by atomic mass is 9.83. The summed E-state index contributed by atoms with van der Waals surface area (Å²) in [5, 5.41) is 6.32. The van der Waals surface area contributed by atoms with Crippen LogP contribution in [0.15, 0.2) is 29.2 Å². The molecule has 1 amide bonds. The Labute approximate surface area is 113 Å². The minimum absolute atomic E-state index is 0.145. The number of hydrogen-bond acceptors (Lipinski definition) is 3. The lowest BCUT2D eigenvalue weighted by molar-refractivity contribution is -0.124. The van der Waals surface area contributed by atoms with E-state index in [-0.39, 0.29) is 11.3 Å². The summed E-state index contributed by atoms with van der Waals surface area (Å²) in [5.41, 5.74) is 0.663. The van der Waals surface area contributed by atoms with Gasteiger partial charge in [-0.05, 0) is 49.9 Å². The Morgan fingerprint density at radius 2 is 2.17 bits per heavy atom. The van der Waals surface area contributed by atoms with Crippen LogP contribution in [0.2, 0.25) is 0 Å². The summed E-state index contributed by atoms with van der Waals surface area (Å²) in [6.07, 6.45) is 3.86. The van der Waals surface area contributed by atoms with E-state index in [1.54, 1.807) is 11.8 Å². The maximum Gasteiger partial charge on any atom is 0.231 e. The number of benzene rings is 1. The number of hydrogen-bond donors (Lipinski definition) is 2. The summed E-state index contributed by atoms with van der Waals surface area (Å²) in [7, 11) is 0. The number of anilines is 1. The monoisotopic (exact) mass is 264 g/mol. The summed E-state index contributed by atoms with van der Waals surface area (Å²) in [5.74, 6) is 0.145. The molecule has 1 aliphatic rings. The van der Waals surface area contributed by atoms with Gasteiger partial charge in [-0.3, -0.25) is 4.79 Å². The van der Waals surface area contributed by atoms with E-state index < -0.39 is 0 Å². The largest absolute Gasteiger partial charge is 0.326 e. The van der Waals surface area contributed by atoms with E-state index in [4.69, 9.17) is 0 Å². The van der Waals surface area contributed by atoms with Gasteiger partial charge in [-0.1, -0.05) is 6.92 Å². The zero-order chi connectivity index (χ0) is 13.0. The van der Waals surface area contributed by atoms with Gasteiger partial charge in [0.2, 0.25) is 5.91 Å². The van der Waals surface area contributed by atoms with Gasteiger partial charge in [0.05, 0.1) is 5.41 Å². The standard InChI is InChI=1S/C14H20N2OS/c1-3-14(8-9-15-10-14)13(17)16-11-4-6-12(18-2)7-5-11/h4-7,15H,3,8-10H2,1-2H3,(H,16,17). The third kappa shape index (κ3) is 2.70. The molecule has 1 aliphatic heterocycles. The fourth-order valence-corrected chi connectivity index (χ4v) is 2.75. The summed E-state index contributed by atoms with van der Waals surface area (Å²) in [6, 6.07) is 8.00. The molecular formula is C14H20N2OS. The normalized spacial score (nSPS) is 23.0. The number of amides is 1. The minimum atomic E-state index is -0.224. The molecule has 18 heavy (non-hydrogen) atoms.